The Morgan fingerprint density at radius 3 is 2.13 bits per heavy atom. The quantitative estimate of drug-likeness (QED) is 0.101. The van der Waals surface area contributed by atoms with Gasteiger partial charge in [0.25, 0.3) is 5.91 Å². The molecule has 0 saturated heterocycles. The Kier molecular flexibility index (Phi) is 15.6. The van der Waals surface area contributed by atoms with Gasteiger partial charge in [0.15, 0.2) is 12.2 Å². The third-order valence-corrected chi connectivity index (χ3v) is 8.23. The number of rotatable bonds is 20. The van der Waals surface area contributed by atoms with Crippen LogP contribution in [0.1, 0.15) is 56.6 Å². The van der Waals surface area contributed by atoms with E-state index in [0.717, 1.165) is 50.5 Å². The number of likely N-dealkylation sites (N-methyl/N-ethyl adjacent to an activating group) is 1. The lowest BCUT2D eigenvalue weighted by Crippen LogP contribution is -2.50. The summed E-state index contributed by atoms with van der Waals surface area (Å²) in [6.45, 7) is 1.76. The molecule has 0 fully saturated rings. The highest BCUT2D eigenvalue weighted by molar-refractivity contribution is 6.42. The number of carbonyl (C=O) groups excluding carboxylic acids is 2. The molecule has 8 nitrogen and oxygen atoms in total. The molecule has 0 aromatic heterocycles. The molecule has 45 heavy (non-hydrogen) atoms. The molecule has 1 N–H and O–H groups in total. The van der Waals surface area contributed by atoms with E-state index in [1.54, 1.807) is 20.0 Å². The topological polar surface area (TPSA) is 102 Å². The highest BCUT2D eigenvalue weighted by Gasteiger charge is 2.38. The molecule has 0 heterocycles. The lowest BCUT2D eigenvalue weighted by atomic mass is 10.0. The second-order valence-electron chi connectivity index (χ2n) is 11.0. The number of fused-ring (bicyclic) bond motifs is 1. The first-order valence-corrected chi connectivity index (χ1v) is 16.2. The highest BCUT2D eigenvalue weighted by Crippen LogP contribution is 2.23. The van der Waals surface area contributed by atoms with Gasteiger partial charge < -0.3 is 24.2 Å². The van der Waals surface area contributed by atoms with Crippen LogP contribution in [0.4, 0.5) is 0 Å². The maximum atomic E-state index is 13.5. The summed E-state index contributed by atoms with van der Waals surface area (Å²) in [7, 11) is 1.63. The molecule has 0 saturated carbocycles. The van der Waals surface area contributed by atoms with E-state index >= 15 is 0 Å². The van der Waals surface area contributed by atoms with Crippen LogP contribution in [-0.4, -0.2) is 73.5 Å². The Balaban J connectivity index is 1.50. The zero-order chi connectivity index (χ0) is 32.6. The minimum atomic E-state index is -1.66. The van der Waals surface area contributed by atoms with E-state index in [1.807, 2.05) is 24.3 Å². The van der Waals surface area contributed by atoms with Crippen LogP contribution in [0.2, 0.25) is 10.0 Å². The van der Waals surface area contributed by atoms with Crippen molar-refractivity contribution in [3.8, 4) is 0 Å². The molecule has 0 bridgehead atoms. The largest absolute Gasteiger partial charge is 0.479 e. The molecule has 3 aromatic carbocycles. The van der Waals surface area contributed by atoms with Gasteiger partial charge in [-0.3, -0.25) is 4.79 Å². The third kappa shape index (κ3) is 12.3. The molecular formula is C35H43Cl2NO7. The van der Waals surface area contributed by atoms with Crippen LogP contribution >= 0.6 is 23.2 Å². The summed E-state index contributed by atoms with van der Waals surface area (Å²) in [6, 6.07) is 20.3. The van der Waals surface area contributed by atoms with E-state index in [9.17, 15) is 19.5 Å². The number of hydrogen-bond acceptors (Lipinski definition) is 6. The number of benzene rings is 3. The van der Waals surface area contributed by atoms with E-state index in [-0.39, 0.29) is 13.2 Å². The second-order valence-corrected chi connectivity index (χ2v) is 11.8. The number of carboxylic acid groups (broad SMARTS) is 1. The normalized spacial score (nSPS) is 12.5. The molecule has 10 heteroatoms. The number of esters is 1. The monoisotopic (exact) mass is 659 g/mol. The van der Waals surface area contributed by atoms with Crippen molar-refractivity contribution in [3.63, 3.8) is 0 Å². The maximum Gasteiger partial charge on any atom is 0.336 e. The average molecular weight is 661 g/mol. The number of amides is 1. The van der Waals surface area contributed by atoms with Crippen LogP contribution in [0.3, 0.4) is 0 Å². The number of hydrogen-bond donors (Lipinski definition) is 1. The number of unbranched alkanes of at least 4 members (excludes halogenated alkanes) is 4. The number of halogens is 2. The molecule has 3 rings (SSSR count). The molecule has 0 aliphatic carbocycles. The zero-order valence-corrected chi connectivity index (χ0v) is 27.5. The Labute approximate surface area is 275 Å². The van der Waals surface area contributed by atoms with Gasteiger partial charge in [0.2, 0.25) is 0 Å². The second kappa shape index (κ2) is 19.4. The highest BCUT2D eigenvalue weighted by atomic mass is 35.5. The summed E-state index contributed by atoms with van der Waals surface area (Å²) >= 11 is 12.1. The summed E-state index contributed by atoms with van der Waals surface area (Å²) in [5, 5.41) is 13.3. The summed E-state index contributed by atoms with van der Waals surface area (Å²) in [5.74, 6) is -2.60. The van der Waals surface area contributed by atoms with Gasteiger partial charge in [0.05, 0.1) is 16.7 Å². The van der Waals surface area contributed by atoms with Gasteiger partial charge in [0, 0.05) is 20.2 Å². The van der Waals surface area contributed by atoms with Crippen LogP contribution < -0.4 is 0 Å². The van der Waals surface area contributed by atoms with Gasteiger partial charge in [-0.1, -0.05) is 84.6 Å². The van der Waals surface area contributed by atoms with E-state index in [0.29, 0.717) is 23.0 Å². The van der Waals surface area contributed by atoms with Crippen molar-refractivity contribution in [2.45, 2.75) is 70.5 Å². The standard InChI is InChI=1S/C35H43Cl2NO7/c1-3-43-31(39)24-45-33(35(41)42)32(44-21-11-5-7-13-26-17-19-29(36)30(37)23-26)34(40)38(2)20-10-4-6-12-25-16-18-27-14-8-9-15-28(27)22-25/h8-9,14-19,22-23,32-33H,3-7,10-13,20-21,24H2,1-2H3,(H,41,42)/t32-,33-/m1/s1. The van der Waals surface area contributed by atoms with Gasteiger partial charge in [0.1, 0.15) is 6.61 Å². The van der Waals surface area contributed by atoms with E-state index in [2.05, 4.69) is 30.3 Å². The molecule has 0 radical (unpaired) electrons. The maximum absolute atomic E-state index is 13.5. The number of carboxylic acids is 1. The van der Waals surface area contributed by atoms with Crippen molar-refractivity contribution < 1.29 is 33.7 Å². The first kappa shape index (κ1) is 36.3. The molecule has 0 unspecified atom stereocenters. The third-order valence-electron chi connectivity index (χ3n) is 7.49. The number of nitrogens with zero attached hydrogens (tertiary/aromatic N) is 1. The van der Waals surface area contributed by atoms with Crippen molar-refractivity contribution in [1.82, 2.24) is 4.90 Å². The molecule has 3 aromatic rings. The van der Waals surface area contributed by atoms with Gasteiger partial charge in [-0.05, 0) is 79.5 Å². The Bertz CT molecular complexity index is 1400. The van der Waals surface area contributed by atoms with Crippen molar-refractivity contribution in [2.24, 2.45) is 0 Å². The van der Waals surface area contributed by atoms with Crippen molar-refractivity contribution in [1.29, 1.82) is 0 Å². The van der Waals surface area contributed by atoms with Crippen LogP contribution in [0, 0.1) is 0 Å². The van der Waals surface area contributed by atoms with Crippen LogP contribution in [0.25, 0.3) is 10.8 Å². The smallest absolute Gasteiger partial charge is 0.336 e. The summed E-state index contributed by atoms with van der Waals surface area (Å²) in [6.07, 6.45) is 3.51. The predicted octanol–water partition coefficient (Wildman–Crippen LogP) is 7.15. The molecule has 1 amide bonds. The number of aliphatic carboxylic acids is 1. The fraction of sp³-hybridized carbons (Fsp3) is 0.457. The molecule has 244 valence electrons. The molecule has 0 aliphatic rings. The minimum absolute atomic E-state index is 0.130. The van der Waals surface area contributed by atoms with Crippen LogP contribution in [0.15, 0.2) is 60.7 Å². The number of carbonyl (C=O) groups is 3. The van der Waals surface area contributed by atoms with Gasteiger partial charge in [-0.2, -0.15) is 0 Å². The van der Waals surface area contributed by atoms with Gasteiger partial charge in [-0.15, -0.1) is 0 Å². The Morgan fingerprint density at radius 2 is 1.44 bits per heavy atom. The molecule has 0 spiro atoms. The molecule has 2 atom stereocenters. The van der Waals surface area contributed by atoms with Crippen molar-refractivity contribution in [3.05, 3.63) is 81.8 Å². The molecular weight excluding hydrogens is 617 g/mol. The first-order valence-electron chi connectivity index (χ1n) is 15.5. The summed E-state index contributed by atoms with van der Waals surface area (Å²) in [4.78, 5) is 38.9. The van der Waals surface area contributed by atoms with E-state index < -0.39 is 36.7 Å². The van der Waals surface area contributed by atoms with Gasteiger partial charge >= 0.3 is 11.9 Å². The number of ether oxygens (including phenoxy) is 3. The lowest BCUT2D eigenvalue weighted by Gasteiger charge is -2.28. The van der Waals surface area contributed by atoms with E-state index in [1.165, 1.54) is 21.2 Å². The minimum Gasteiger partial charge on any atom is -0.479 e. The summed E-state index contributed by atoms with van der Waals surface area (Å²) in [5.41, 5.74) is 2.34. The fourth-order valence-corrected chi connectivity index (χ4v) is 5.35. The Morgan fingerprint density at radius 1 is 0.778 bits per heavy atom. The SMILES string of the molecule is CCOC(=O)CO[C@@H](C(=O)O)[C@@H](OCCCCCc1ccc(Cl)c(Cl)c1)C(=O)N(C)CCCCCc1ccc2ccccc2c1. The lowest BCUT2D eigenvalue weighted by molar-refractivity contribution is -0.177. The zero-order valence-electron chi connectivity index (χ0n) is 26.0. The average Bonchev–Trinajstić information content (AvgIpc) is 3.02. The first-order chi connectivity index (χ1) is 21.7. The fourth-order valence-electron chi connectivity index (χ4n) is 5.03. The number of aryl methyl sites for hydroxylation is 2. The summed E-state index contributed by atoms with van der Waals surface area (Å²) < 4.78 is 16.1. The van der Waals surface area contributed by atoms with Crippen LogP contribution in [-0.2, 0) is 41.4 Å². The van der Waals surface area contributed by atoms with Gasteiger partial charge in [-0.25, -0.2) is 9.59 Å². The van der Waals surface area contributed by atoms with E-state index in [4.69, 9.17) is 37.4 Å². The molecule has 0 aliphatic heterocycles. The van der Waals surface area contributed by atoms with Crippen molar-refractivity contribution in [2.75, 3.05) is 33.4 Å². The van der Waals surface area contributed by atoms with Crippen molar-refractivity contribution >= 4 is 51.8 Å². The predicted molar refractivity (Wildman–Crippen MR) is 177 cm³/mol. The Hall–Kier alpha value is -3.17. The van der Waals surface area contributed by atoms with Crippen LogP contribution in [0.5, 0.6) is 0 Å².